The summed E-state index contributed by atoms with van der Waals surface area (Å²) in [6.45, 7) is 2.42. The quantitative estimate of drug-likeness (QED) is 0.918. The summed E-state index contributed by atoms with van der Waals surface area (Å²) < 4.78 is 5.73. The fourth-order valence-electron chi connectivity index (χ4n) is 3.71. The molecule has 2 aromatic carbocycles. The minimum atomic E-state index is -0.00492. The number of anilines is 1. The summed E-state index contributed by atoms with van der Waals surface area (Å²) in [5, 5.41) is 3.11. The number of likely N-dealkylation sites (tertiary alicyclic amines) is 1. The molecule has 0 atom stereocenters. The number of carbonyl (C=O) groups is 1. The highest BCUT2D eigenvalue weighted by molar-refractivity contribution is 5.90. The van der Waals surface area contributed by atoms with Crippen LogP contribution in [0.5, 0.6) is 0 Å². The van der Waals surface area contributed by atoms with Gasteiger partial charge in [0.1, 0.15) is 0 Å². The molecule has 0 saturated carbocycles. The summed E-state index contributed by atoms with van der Waals surface area (Å²) in [7, 11) is 0. The molecule has 1 spiro atoms. The van der Waals surface area contributed by atoms with Gasteiger partial charge in [0.25, 0.3) is 0 Å². The number of nitrogens with zero attached hydrogens (tertiary/aromatic N) is 1. The molecule has 4 nitrogen and oxygen atoms in total. The lowest BCUT2D eigenvalue weighted by Crippen LogP contribution is -2.54. The standard InChI is InChI=1S/C21H24N2O2/c24-20(23-13-10-21(11-14-23)12-15-25-21)22-19-9-5-4-8-18(19)16-17-6-2-1-3-7-17/h1-9H,10-16H2,(H,22,24). The van der Waals surface area contributed by atoms with Crippen molar-refractivity contribution >= 4 is 11.7 Å². The Bertz CT molecular complexity index is 731. The van der Waals surface area contributed by atoms with E-state index < -0.39 is 0 Å². The third-order valence-electron chi connectivity index (χ3n) is 5.42. The molecule has 2 heterocycles. The van der Waals surface area contributed by atoms with Crippen molar-refractivity contribution in [2.45, 2.75) is 31.3 Å². The first kappa shape index (κ1) is 16.2. The number of rotatable bonds is 3. The molecule has 130 valence electrons. The van der Waals surface area contributed by atoms with Crippen molar-refractivity contribution in [1.29, 1.82) is 0 Å². The molecule has 0 bridgehead atoms. The van der Waals surface area contributed by atoms with Crippen LogP contribution in [0.3, 0.4) is 0 Å². The first-order chi connectivity index (χ1) is 12.2. The largest absolute Gasteiger partial charge is 0.375 e. The second kappa shape index (κ2) is 6.89. The predicted molar refractivity (Wildman–Crippen MR) is 98.8 cm³/mol. The van der Waals surface area contributed by atoms with E-state index >= 15 is 0 Å². The van der Waals surface area contributed by atoms with E-state index in [1.165, 1.54) is 5.56 Å². The average molecular weight is 336 g/mol. The monoisotopic (exact) mass is 336 g/mol. The minimum Gasteiger partial charge on any atom is -0.375 e. The van der Waals surface area contributed by atoms with E-state index in [1.54, 1.807) is 0 Å². The van der Waals surface area contributed by atoms with Gasteiger partial charge in [0.15, 0.2) is 0 Å². The predicted octanol–water partition coefficient (Wildman–Crippen LogP) is 4.06. The number of nitrogens with one attached hydrogen (secondary N) is 1. The molecule has 2 amide bonds. The van der Waals surface area contributed by atoms with Crippen molar-refractivity contribution < 1.29 is 9.53 Å². The highest BCUT2D eigenvalue weighted by Gasteiger charge is 2.41. The Labute approximate surface area is 148 Å². The highest BCUT2D eigenvalue weighted by Crippen LogP contribution is 2.36. The van der Waals surface area contributed by atoms with Gasteiger partial charge in [-0.05, 0) is 42.9 Å². The number of urea groups is 1. The normalized spacial score (nSPS) is 18.6. The van der Waals surface area contributed by atoms with Crippen molar-refractivity contribution in [1.82, 2.24) is 4.90 Å². The van der Waals surface area contributed by atoms with E-state index in [0.717, 1.165) is 56.6 Å². The molecule has 2 fully saturated rings. The van der Waals surface area contributed by atoms with Crippen LogP contribution in [0.15, 0.2) is 54.6 Å². The summed E-state index contributed by atoms with van der Waals surface area (Å²) >= 11 is 0. The van der Waals surface area contributed by atoms with E-state index in [1.807, 2.05) is 41.3 Å². The third-order valence-corrected chi connectivity index (χ3v) is 5.42. The molecule has 2 saturated heterocycles. The first-order valence-corrected chi connectivity index (χ1v) is 9.06. The number of para-hydroxylation sites is 1. The molecule has 25 heavy (non-hydrogen) atoms. The van der Waals surface area contributed by atoms with E-state index in [0.29, 0.717) is 0 Å². The van der Waals surface area contributed by atoms with E-state index in [2.05, 4.69) is 23.5 Å². The van der Waals surface area contributed by atoms with Crippen molar-refractivity contribution in [3.05, 3.63) is 65.7 Å². The zero-order chi connectivity index (χ0) is 17.1. The molecular weight excluding hydrogens is 312 g/mol. The number of hydrogen-bond donors (Lipinski definition) is 1. The molecule has 4 heteroatoms. The van der Waals surface area contributed by atoms with Crippen molar-refractivity contribution in [2.75, 3.05) is 25.0 Å². The van der Waals surface area contributed by atoms with Gasteiger partial charge in [-0.15, -0.1) is 0 Å². The van der Waals surface area contributed by atoms with Gasteiger partial charge in [0, 0.05) is 18.8 Å². The van der Waals surface area contributed by atoms with E-state index in [9.17, 15) is 4.79 Å². The van der Waals surface area contributed by atoms with Crippen LogP contribution in [-0.4, -0.2) is 36.2 Å². The van der Waals surface area contributed by atoms with Gasteiger partial charge in [-0.25, -0.2) is 4.79 Å². The molecule has 2 aliphatic rings. The van der Waals surface area contributed by atoms with Gasteiger partial charge in [0.2, 0.25) is 0 Å². The number of piperidine rings is 1. The Morgan fingerprint density at radius 1 is 1.00 bits per heavy atom. The number of benzene rings is 2. The lowest BCUT2D eigenvalue weighted by molar-refractivity contribution is -0.168. The molecule has 2 aromatic rings. The highest BCUT2D eigenvalue weighted by atomic mass is 16.5. The van der Waals surface area contributed by atoms with Crippen LogP contribution in [0.1, 0.15) is 30.4 Å². The fraction of sp³-hybridized carbons (Fsp3) is 0.381. The van der Waals surface area contributed by atoms with Crippen LogP contribution in [0.4, 0.5) is 10.5 Å². The minimum absolute atomic E-state index is 0.00492. The lowest BCUT2D eigenvalue weighted by atomic mass is 9.84. The molecule has 0 radical (unpaired) electrons. The maximum absolute atomic E-state index is 12.7. The van der Waals surface area contributed by atoms with Gasteiger partial charge in [0.05, 0.1) is 12.2 Å². The Hall–Kier alpha value is -2.33. The molecule has 2 aliphatic heterocycles. The van der Waals surface area contributed by atoms with Gasteiger partial charge >= 0.3 is 6.03 Å². The van der Waals surface area contributed by atoms with Crippen LogP contribution in [0.2, 0.25) is 0 Å². The topological polar surface area (TPSA) is 41.6 Å². The molecule has 0 aliphatic carbocycles. The number of carbonyl (C=O) groups excluding carboxylic acids is 1. The summed E-state index contributed by atoms with van der Waals surface area (Å²) in [5.41, 5.74) is 3.35. The molecule has 0 unspecified atom stereocenters. The van der Waals surface area contributed by atoms with Crippen molar-refractivity contribution in [2.24, 2.45) is 0 Å². The smallest absolute Gasteiger partial charge is 0.321 e. The maximum atomic E-state index is 12.7. The van der Waals surface area contributed by atoms with Crippen molar-refractivity contribution in [3.8, 4) is 0 Å². The number of amides is 2. The molecular formula is C21H24N2O2. The van der Waals surface area contributed by atoms with Crippen LogP contribution in [0.25, 0.3) is 0 Å². The van der Waals surface area contributed by atoms with Gasteiger partial charge in [-0.2, -0.15) is 0 Å². The third kappa shape index (κ3) is 3.54. The second-order valence-electron chi connectivity index (χ2n) is 7.02. The van der Waals surface area contributed by atoms with Crippen LogP contribution in [0, 0.1) is 0 Å². The second-order valence-corrected chi connectivity index (χ2v) is 7.02. The van der Waals surface area contributed by atoms with Gasteiger partial charge in [-0.1, -0.05) is 48.5 Å². The Balaban J connectivity index is 1.41. The lowest BCUT2D eigenvalue weighted by Gasteiger charge is -2.47. The summed E-state index contributed by atoms with van der Waals surface area (Å²) in [4.78, 5) is 14.6. The van der Waals surface area contributed by atoms with E-state index in [4.69, 9.17) is 4.74 Å². The van der Waals surface area contributed by atoms with Crippen molar-refractivity contribution in [3.63, 3.8) is 0 Å². The molecule has 0 aromatic heterocycles. The zero-order valence-corrected chi connectivity index (χ0v) is 14.4. The van der Waals surface area contributed by atoms with E-state index in [-0.39, 0.29) is 11.6 Å². The maximum Gasteiger partial charge on any atom is 0.321 e. The Morgan fingerprint density at radius 2 is 1.68 bits per heavy atom. The van der Waals surface area contributed by atoms with Crippen LogP contribution < -0.4 is 5.32 Å². The SMILES string of the molecule is O=C(Nc1ccccc1Cc1ccccc1)N1CCC2(CCO2)CC1. The summed E-state index contributed by atoms with van der Waals surface area (Å²) in [6.07, 6.45) is 3.86. The van der Waals surface area contributed by atoms with Crippen LogP contribution in [-0.2, 0) is 11.2 Å². The van der Waals surface area contributed by atoms with Gasteiger partial charge < -0.3 is 15.0 Å². The summed E-state index contributed by atoms with van der Waals surface area (Å²) in [5.74, 6) is 0. The molecule has 4 rings (SSSR count). The number of ether oxygens (including phenoxy) is 1. The zero-order valence-electron chi connectivity index (χ0n) is 14.4. The summed E-state index contributed by atoms with van der Waals surface area (Å²) in [6, 6.07) is 18.4. The van der Waals surface area contributed by atoms with Gasteiger partial charge in [-0.3, -0.25) is 0 Å². The molecule has 1 N–H and O–H groups in total. The fourth-order valence-corrected chi connectivity index (χ4v) is 3.71. The Morgan fingerprint density at radius 3 is 2.36 bits per heavy atom. The average Bonchev–Trinajstić information content (AvgIpc) is 2.63. The first-order valence-electron chi connectivity index (χ1n) is 9.06. The number of hydrogen-bond acceptors (Lipinski definition) is 2. The van der Waals surface area contributed by atoms with Crippen LogP contribution >= 0.6 is 0 Å². The Kier molecular flexibility index (Phi) is 4.45.